The Morgan fingerprint density at radius 1 is 1.21 bits per heavy atom. The third kappa shape index (κ3) is 5.31. The van der Waals surface area contributed by atoms with Gasteiger partial charge in [-0.15, -0.1) is 0 Å². The molecule has 0 aliphatic heterocycles. The largest absolute Gasteiger partial charge is 0.395 e. The van der Waals surface area contributed by atoms with Crippen molar-refractivity contribution in [3.8, 4) is 0 Å². The van der Waals surface area contributed by atoms with Gasteiger partial charge in [0.15, 0.2) is 0 Å². The third-order valence-electron chi connectivity index (χ3n) is 3.60. The highest BCUT2D eigenvalue weighted by molar-refractivity contribution is 5.28. The van der Waals surface area contributed by atoms with Crippen molar-refractivity contribution < 1.29 is 5.11 Å². The molecule has 0 radical (unpaired) electrons. The molecule has 1 aromatic carbocycles. The molecule has 0 bridgehead atoms. The molecule has 0 saturated heterocycles. The van der Waals surface area contributed by atoms with Gasteiger partial charge < -0.3 is 15.3 Å². The van der Waals surface area contributed by atoms with Crippen LogP contribution in [0.25, 0.3) is 0 Å². The first kappa shape index (κ1) is 16.2. The Bertz CT molecular complexity index is 348. The topological polar surface area (TPSA) is 35.5 Å². The molecule has 2 N–H and O–H groups in total. The summed E-state index contributed by atoms with van der Waals surface area (Å²) >= 11 is 0. The summed E-state index contributed by atoms with van der Waals surface area (Å²) in [6.45, 7) is 7.45. The maximum absolute atomic E-state index is 9.09. The van der Waals surface area contributed by atoms with E-state index in [-0.39, 0.29) is 6.61 Å². The van der Waals surface area contributed by atoms with E-state index >= 15 is 0 Å². The summed E-state index contributed by atoms with van der Waals surface area (Å²) in [4.78, 5) is 2.34. The molecule has 0 aliphatic carbocycles. The van der Waals surface area contributed by atoms with Gasteiger partial charge in [-0.25, -0.2) is 0 Å². The molecule has 0 spiro atoms. The van der Waals surface area contributed by atoms with E-state index in [4.69, 9.17) is 5.11 Å². The number of aliphatic hydroxyl groups excluding tert-OH is 1. The summed E-state index contributed by atoms with van der Waals surface area (Å²) in [5.41, 5.74) is 2.72. The van der Waals surface area contributed by atoms with Crippen molar-refractivity contribution in [3.63, 3.8) is 0 Å². The van der Waals surface area contributed by atoms with Gasteiger partial charge in [-0.2, -0.15) is 0 Å². The lowest BCUT2D eigenvalue weighted by Crippen LogP contribution is -2.31. The summed E-state index contributed by atoms with van der Waals surface area (Å²) < 4.78 is 0. The molecular formula is C16H28N2O. The second kappa shape index (κ2) is 9.08. The fourth-order valence-corrected chi connectivity index (χ4v) is 2.54. The minimum Gasteiger partial charge on any atom is -0.395 e. The number of hydrogen-bond acceptors (Lipinski definition) is 3. The summed E-state index contributed by atoms with van der Waals surface area (Å²) in [6.07, 6.45) is 2.20. The molecule has 0 fully saturated rings. The highest BCUT2D eigenvalue weighted by Crippen LogP contribution is 2.20. The predicted octanol–water partition coefficient (Wildman–Crippen LogP) is 2.35. The molecule has 1 atom stereocenters. The van der Waals surface area contributed by atoms with E-state index in [2.05, 4.69) is 48.3 Å². The highest BCUT2D eigenvalue weighted by atomic mass is 16.3. The van der Waals surface area contributed by atoms with Gasteiger partial charge in [0.2, 0.25) is 0 Å². The maximum atomic E-state index is 9.09. The fraction of sp³-hybridized carbons (Fsp3) is 0.625. The molecule has 1 rings (SSSR count). The number of aryl methyl sites for hydroxylation is 1. The number of benzene rings is 1. The summed E-state index contributed by atoms with van der Waals surface area (Å²) in [5.74, 6) is 0. The zero-order valence-corrected chi connectivity index (χ0v) is 12.5. The van der Waals surface area contributed by atoms with E-state index in [1.807, 2.05) is 7.05 Å². The Labute approximate surface area is 117 Å². The first-order valence-corrected chi connectivity index (χ1v) is 7.28. The van der Waals surface area contributed by atoms with E-state index in [9.17, 15) is 0 Å². The number of aliphatic hydroxyl groups is 1. The smallest absolute Gasteiger partial charge is 0.0558 e. The monoisotopic (exact) mass is 264 g/mol. The molecule has 0 heterocycles. The van der Waals surface area contributed by atoms with Crippen LogP contribution in [0.1, 0.15) is 36.9 Å². The highest BCUT2D eigenvalue weighted by Gasteiger charge is 2.13. The molecule has 1 unspecified atom stereocenters. The van der Waals surface area contributed by atoms with Crippen LogP contribution in [0.15, 0.2) is 24.3 Å². The zero-order valence-electron chi connectivity index (χ0n) is 12.5. The fourth-order valence-electron chi connectivity index (χ4n) is 2.54. The maximum Gasteiger partial charge on any atom is 0.0558 e. The average molecular weight is 264 g/mol. The average Bonchev–Trinajstić information content (AvgIpc) is 2.41. The Hall–Kier alpha value is -0.900. The van der Waals surface area contributed by atoms with Gasteiger partial charge in [0, 0.05) is 19.1 Å². The van der Waals surface area contributed by atoms with Gasteiger partial charge in [-0.3, -0.25) is 0 Å². The Morgan fingerprint density at radius 2 is 1.95 bits per heavy atom. The van der Waals surface area contributed by atoms with Gasteiger partial charge in [0.25, 0.3) is 0 Å². The van der Waals surface area contributed by atoms with Crippen LogP contribution in [0.3, 0.4) is 0 Å². The molecule has 3 nitrogen and oxygen atoms in total. The van der Waals surface area contributed by atoms with E-state index in [0.717, 1.165) is 32.5 Å². The van der Waals surface area contributed by atoms with Crippen molar-refractivity contribution in [2.45, 2.75) is 32.7 Å². The second-order valence-corrected chi connectivity index (χ2v) is 5.05. The van der Waals surface area contributed by atoms with Gasteiger partial charge in [-0.1, -0.05) is 31.2 Å². The van der Waals surface area contributed by atoms with Crippen molar-refractivity contribution >= 4 is 0 Å². The summed E-state index contributed by atoms with van der Waals surface area (Å²) in [6, 6.07) is 8.94. The van der Waals surface area contributed by atoms with Crippen molar-refractivity contribution in [3.05, 3.63) is 35.4 Å². The lowest BCUT2D eigenvalue weighted by atomic mass is 9.99. The van der Waals surface area contributed by atoms with Gasteiger partial charge in [0.05, 0.1) is 6.61 Å². The summed E-state index contributed by atoms with van der Waals surface area (Å²) in [5, 5.41) is 12.5. The first-order chi connectivity index (χ1) is 9.22. The molecule has 0 aromatic heterocycles. The van der Waals surface area contributed by atoms with Crippen molar-refractivity contribution in [2.24, 2.45) is 0 Å². The van der Waals surface area contributed by atoms with Crippen LogP contribution in [0.5, 0.6) is 0 Å². The van der Waals surface area contributed by atoms with Crippen molar-refractivity contribution in [1.82, 2.24) is 10.2 Å². The Kier molecular flexibility index (Phi) is 7.72. The van der Waals surface area contributed by atoms with Crippen molar-refractivity contribution in [2.75, 3.05) is 33.3 Å². The Morgan fingerprint density at radius 3 is 2.53 bits per heavy atom. The third-order valence-corrected chi connectivity index (χ3v) is 3.60. The normalized spacial score (nSPS) is 12.9. The van der Waals surface area contributed by atoms with Gasteiger partial charge in [-0.05, 0) is 44.5 Å². The van der Waals surface area contributed by atoms with Crippen LogP contribution in [0.4, 0.5) is 0 Å². The Balaban J connectivity index is 2.59. The van der Waals surface area contributed by atoms with Crippen LogP contribution >= 0.6 is 0 Å². The summed E-state index contributed by atoms with van der Waals surface area (Å²) in [7, 11) is 2.02. The van der Waals surface area contributed by atoms with Crippen molar-refractivity contribution in [1.29, 1.82) is 0 Å². The lowest BCUT2D eigenvalue weighted by Gasteiger charge is -2.25. The molecule has 0 saturated carbocycles. The molecule has 108 valence electrons. The standard InChI is InChI=1S/C16H28N2O/c1-4-10-18(12-13-19)11-9-16(17-3)15-8-6-5-7-14(15)2/h5-8,16-17,19H,4,9-13H2,1-3H3. The van der Waals surface area contributed by atoms with Crippen LogP contribution in [0.2, 0.25) is 0 Å². The van der Waals surface area contributed by atoms with Crippen LogP contribution in [-0.2, 0) is 0 Å². The van der Waals surface area contributed by atoms with E-state index in [0.29, 0.717) is 6.04 Å². The minimum absolute atomic E-state index is 0.245. The molecule has 3 heteroatoms. The van der Waals surface area contributed by atoms with Crippen LogP contribution < -0.4 is 5.32 Å². The lowest BCUT2D eigenvalue weighted by molar-refractivity contribution is 0.190. The SMILES string of the molecule is CCCN(CCO)CCC(NC)c1ccccc1C. The number of nitrogens with one attached hydrogen (secondary N) is 1. The first-order valence-electron chi connectivity index (χ1n) is 7.28. The molecule has 0 amide bonds. The zero-order chi connectivity index (χ0) is 14.1. The number of hydrogen-bond donors (Lipinski definition) is 2. The molecule has 0 aliphatic rings. The van der Waals surface area contributed by atoms with Crippen LogP contribution in [0, 0.1) is 6.92 Å². The molecule has 1 aromatic rings. The predicted molar refractivity (Wildman–Crippen MR) is 81.4 cm³/mol. The van der Waals surface area contributed by atoms with Gasteiger partial charge >= 0.3 is 0 Å². The van der Waals surface area contributed by atoms with E-state index < -0.39 is 0 Å². The van der Waals surface area contributed by atoms with E-state index in [1.54, 1.807) is 0 Å². The number of rotatable bonds is 9. The minimum atomic E-state index is 0.245. The number of nitrogens with zero attached hydrogens (tertiary/aromatic N) is 1. The van der Waals surface area contributed by atoms with Gasteiger partial charge in [0.1, 0.15) is 0 Å². The molecular weight excluding hydrogens is 236 g/mol. The molecule has 19 heavy (non-hydrogen) atoms. The second-order valence-electron chi connectivity index (χ2n) is 5.05. The van der Waals surface area contributed by atoms with Crippen LogP contribution in [-0.4, -0.2) is 43.3 Å². The van der Waals surface area contributed by atoms with E-state index in [1.165, 1.54) is 11.1 Å². The quantitative estimate of drug-likeness (QED) is 0.718.